The SMILES string of the molecule is Nc1c(CO)cc(C(F)F)nc1Br. The zero-order valence-electron chi connectivity index (χ0n) is 6.47. The van der Waals surface area contributed by atoms with Gasteiger partial charge >= 0.3 is 0 Å². The molecular weight excluding hydrogens is 246 g/mol. The lowest BCUT2D eigenvalue weighted by atomic mass is 10.2. The molecule has 6 heteroatoms. The molecule has 0 saturated carbocycles. The van der Waals surface area contributed by atoms with Crippen LogP contribution in [0.2, 0.25) is 0 Å². The summed E-state index contributed by atoms with van der Waals surface area (Å²) in [5.41, 5.74) is 5.48. The minimum Gasteiger partial charge on any atom is -0.396 e. The Morgan fingerprint density at radius 1 is 1.62 bits per heavy atom. The molecule has 1 rings (SSSR count). The Morgan fingerprint density at radius 2 is 2.23 bits per heavy atom. The molecule has 3 nitrogen and oxygen atoms in total. The van der Waals surface area contributed by atoms with Crippen LogP contribution in [0, 0.1) is 0 Å². The van der Waals surface area contributed by atoms with Gasteiger partial charge in [-0.3, -0.25) is 0 Å². The van der Waals surface area contributed by atoms with Crippen molar-refractivity contribution in [3.8, 4) is 0 Å². The summed E-state index contributed by atoms with van der Waals surface area (Å²) < 4.78 is 24.5. The molecule has 0 radical (unpaired) electrons. The lowest BCUT2D eigenvalue weighted by molar-refractivity contribution is 0.145. The number of nitrogen functional groups attached to an aromatic ring is 1. The lowest BCUT2D eigenvalue weighted by Gasteiger charge is -2.07. The number of alkyl halides is 2. The van der Waals surface area contributed by atoms with Crippen LogP contribution in [-0.2, 0) is 6.61 Å². The summed E-state index contributed by atoms with van der Waals surface area (Å²) in [6.45, 7) is -0.382. The van der Waals surface area contributed by atoms with Gasteiger partial charge < -0.3 is 10.8 Å². The molecule has 0 aliphatic carbocycles. The molecule has 0 saturated heterocycles. The van der Waals surface area contributed by atoms with E-state index in [0.717, 1.165) is 6.07 Å². The monoisotopic (exact) mass is 252 g/mol. The van der Waals surface area contributed by atoms with Crippen LogP contribution in [0.5, 0.6) is 0 Å². The van der Waals surface area contributed by atoms with E-state index in [9.17, 15) is 8.78 Å². The lowest BCUT2D eigenvalue weighted by Crippen LogP contribution is -2.01. The van der Waals surface area contributed by atoms with Gasteiger partial charge in [0.2, 0.25) is 0 Å². The molecule has 0 bridgehead atoms. The summed E-state index contributed by atoms with van der Waals surface area (Å²) in [6, 6.07) is 1.09. The third-order valence-corrected chi connectivity index (χ3v) is 2.12. The van der Waals surface area contributed by atoms with Crippen LogP contribution in [0.15, 0.2) is 10.7 Å². The number of aliphatic hydroxyl groups is 1. The molecule has 1 aromatic heterocycles. The Morgan fingerprint density at radius 3 is 2.69 bits per heavy atom. The minimum absolute atomic E-state index is 0.134. The molecule has 0 fully saturated rings. The second-order valence-electron chi connectivity index (χ2n) is 2.37. The number of hydrogen-bond donors (Lipinski definition) is 2. The Hall–Kier alpha value is -0.750. The van der Waals surface area contributed by atoms with E-state index in [2.05, 4.69) is 20.9 Å². The first-order valence-corrected chi connectivity index (χ1v) is 4.19. The van der Waals surface area contributed by atoms with Gasteiger partial charge in [-0.05, 0) is 22.0 Å². The average molecular weight is 253 g/mol. The molecule has 13 heavy (non-hydrogen) atoms. The van der Waals surface area contributed by atoms with Crippen molar-refractivity contribution in [1.29, 1.82) is 0 Å². The van der Waals surface area contributed by atoms with Crippen molar-refractivity contribution >= 4 is 21.6 Å². The first-order valence-electron chi connectivity index (χ1n) is 3.40. The van der Waals surface area contributed by atoms with E-state index in [0.29, 0.717) is 0 Å². The molecule has 72 valence electrons. The highest BCUT2D eigenvalue weighted by atomic mass is 79.9. The highest BCUT2D eigenvalue weighted by Gasteiger charge is 2.13. The maximum atomic E-state index is 12.2. The summed E-state index contributed by atoms with van der Waals surface area (Å²) in [7, 11) is 0. The van der Waals surface area contributed by atoms with Crippen molar-refractivity contribution in [1.82, 2.24) is 4.98 Å². The van der Waals surface area contributed by atoms with Crippen molar-refractivity contribution in [2.45, 2.75) is 13.0 Å². The van der Waals surface area contributed by atoms with Crippen LogP contribution < -0.4 is 5.73 Å². The standard InChI is InChI=1S/C7H7BrF2N2O/c8-6-5(11)3(2-13)1-4(12-6)7(9)10/h1,7,13H,2,11H2. The van der Waals surface area contributed by atoms with Gasteiger partial charge in [-0.15, -0.1) is 0 Å². The fourth-order valence-corrected chi connectivity index (χ4v) is 1.30. The number of anilines is 1. The second-order valence-corrected chi connectivity index (χ2v) is 3.12. The van der Waals surface area contributed by atoms with E-state index < -0.39 is 12.1 Å². The van der Waals surface area contributed by atoms with E-state index in [1.807, 2.05) is 0 Å². The first-order chi connectivity index (χ1) is 6.06. The number of nitrogens with two attached hydrogens (primary N) is 1. The van der Waals surface area contributed by atoms with E-state index in [1.165, 1.54) is 0 Å². The van der Waals surface area contributed by atoms with Crippen LogP contribution in [0.1, 0.15) is 17.7 Å². The zero-order chi connectivity index (χ0) is 10.0. The van der Waals surface area contributed by atoms with E-state index in [4.69, 9.17) is 10.8 Å². The van der Waals surface area contributed by atoms with Gasteiger partial charge in [0.05, 0.1) is 12.3 Å². The second kappa shape index (κ2) is 3.97. The number of halogens is 3. The minimum atomic E-state index is -2.66. The smallest absolute Gasteiger partial charge is 0.280 e. The predicted octanol–water partition coefficient (Wildman–Crippen LogP) is 1.86. The van der Waals surface area contributed by atoms with E-state index >= 15 is 0 Å². The van der Waals surface area contributed by atoms with Crippen molar-refractivity contribution in [3.05, 3.63) is 21.9 Å². The van der Waals surface area contributed by atoms with Crippen LogP contribution in [0.25, 0.3) is 0 Å². The fourth-order valence-electron chi connectivity index (χ4n) is 0.837. The fraction of sp³-hybridized carbons (Fsp3) is 0.286. The van der Waals surface area contributed by atoms with Gasteiger partial charge in [-0.1, -0.05) is 0 Å². The molecule has 3 N–H and O–H groups in total. The molecule has 1 heterocycles. The van der Waals surface area contributed by atoms with Crippen molar-refractivity contribution in [3.63, 3.8) is 0 Å². The summed E-state index contributed by atoms with van der Waals surface area (Å²) in [4.78, 5) is 3.51. The quantitative estimate of drug-likeness (QED) is 0.791. The molecule has 1 aromatic rings. The molecule has 0 unspecified atom stereocenters. The van der Waals surface area contributed by atoms with Crippen LogP contribution in [0.3, 0.4) is 0 Å². The predicted molar refractivity (Wildman–Crippen MR) is 47.2 cm³/mol. The number of aliphatic hydroxyl groups excluding tert-OH is 1. The van der Waals surface area contributed by atoms with Crippen LogP contribution in [0.4, 0.5) is 14.5 Å². The topological polar surface area (TPSA) is 59.1 Å². The van der Waals surface area contributed by atoms with Gasteiger partial charge in [0.1, 0.15) is 10.3 Å². The summed E-state index contributed by atoms with van der Waals surface area (Å²) in [5, 5.41) is 8.78. The molecule has 0 aliphatic rings. The zero-order valence-corrected chi connectivity index (χ0v) is 8.05. The van der Waals surface area contributed by atoms with E-state index in [-0.39, 0.29) is 22.5 Å². The number of aromatic nitrogens is 1. The molecule has 0 atom stereocenters. The third kappa shape index (κ3) is 2.13. The van der Waals surface area contributed by atoms with Crippen molar-refractivity contribution in [2.75, 3.05) is 5.73 Å². The molecule has 0 aliphatic heterocycles. The molecule has 0 amide bonds. The van der Waals surface area contributed by atoms with Crippen molar-refractivity contribution < 1.29 is 13.9 Å². The van der Waals surface area contributed by atoms with Gasteiger partial charge in [-0.2, -0.15) is 0 Å². The van der Waals surface area contributed by atoms with Gasteiger partial charge in [-0.25, -0.2) is 13.8 Å². The highest BCUT2D eigenvalue weighted by molar-refractivity contribution is 9.10. The summed E-state index contributed by atoms with van der Waals surface area (Å²) in [6.07, 6.45) is -2.66. The first kappa shape index (κ1) is 10.3. The summed E-state index contributed by atoms with van der Waals surface area (Å²) >= 11 is 2.93. The Balaban J connectivity index is 3.22. The molecular formula is C7H7BrF2N2O. The van der Waals surface area contributed by atoms with Crippen molar-refractivity contribution in [2.24, 2.45) is 0 Å². The van der Waals surface area contributed by atoms with Gasteiger partial charge in [0.25, 0.3) is 6.43 Å². The van der Waals surface area contributed by atoms with E-state index in [1.54, 1.807) is 0 Å². The van der Waals surface area contributed by atoms with Crippen LogP contribution >= 0.6 is 15.9 Å². The Labute approximate surface area is 81.7 Å². The molecule has 0 aromatic carbocycles. The third-order valence-electron chi connectivity index (χ3n) is 1.51. The maximum Gasteiger partial charge on any atom is 0.280 e. The summed E-state index contributed by atoms with van der Waals surface area (Å²) in [5.74, 6) is 0. The number of nitrogens with zero attached hydrogens (tertiary/aromatic N) is 1. The largest absolute Gasteiger partial charge is 0.396 e. The number of hydrogen-bond acceptors (Lipinski definition) is 3. The normalized spacial score (nSPS) is 10.8. The average Bonchev–Trinajstić information content (AvgIpc) is 2.09. The van der Waals surface area contributed by atoms with Gasteiger partial charge in [0, 0.05) is 5.56 Å². The highest BCUT2D eigenvalue weighted by Crippen LogP contribution is 2.26. The van der Waals surface area contributed by atoms with Crippen LogP contribution in [-0.4, -0.2) is 10.1 Å². The Bertz CT molecular complexity index is 320. The Kier molecular flexibility index (Phi) is 3.16. The molecule has 0 spiro atoms. The van der Waals surface area contributed by atoms with Gasteiger partial charge in [0.15, 0.2) is 0 Å². The number of pyridine rings is 1. The maximum absolute atomic E-state index is 12.2. The number of rotatable bonds is 2.